The van der Waals surface area contributed by atoms with Crippen molar-refractivity contribution in [1.82, 2.24) is 0 Å². The van der Waals surface area contributed by atoms with E-state index in [1.807, 2.05) is 12.1 Å². The maximum absolute atomic E-state index is 6.29. The largest absolute Gasteiger partial charge is 0.444 e. The molecule has 3 nitrogen and oxygen atoms in total. The van der Waals surface area contributed by atoms with Gasteiger partial charge < -0.3 is 4.74 Å². The van der Waals surface area contributed by atoms with Crippen LogP contribution < -0.4 is 14.2 Å². The molecule has 3 heteroatoms. The van der Waals surface area contributed by atoms with Gasteiger partial charge in [0, 0.05) is 5.92 Å². The van der Waals surface area contributed by atoms with Gasteiger partial charge in [-0.1, -0.05) is 44.2 Å². The Bertz CT molecular complexity index is 932. The molecule has 1 aliphatic rings. The standard InChI is InChI=1S/C23H25N2O/c1-16(2)19-14-15-22-23(25(19)18-10-6-5-7-11-18)24(17(3)4)20-12-8-9-13-21(20)26-22/h5-17H,1-4H3/q+1. The number of nitrogens with zero attached hydrogens (tertiary/aromatic N) is 2. The van der Waals surface area contributed by atoms with Gasteiger partial charge >= 0.3 is 5.82 Å². The normalized spacial score (nSPS) is 12.8. The van der Waals surface area contributed by atoms with Crippen LogP contribution in [0.5, 0.6) is 11.5 Å². The van der Waals surface area contributed by atoms with Crippen LogP contribution in [0.2, 0.25) is 0 Å². The first kappa shape index (κ1) is 16.6. The number of hydrogen-bond donors (Lipinski definition) is 0. The molecular formula is C23H25N2O+. The molecule has 2 aromatic carbocycles. The lowest BCUT2D eigenvalue weighted by atomic mass is 10.1. The molecule has 3 aromatic rings. The van der Waals surface area contributed by atoms with Crippen molar-refractivity contribution in [3.05, 3.63) is 72.4 Å². The summed E-state index contributed by atoms with van der Waals surface area (Å²) in [6.45, 7) is 8.92. The summed E-state index contributed by atoms with van der Waals surface area (Å²) in [5.41, 5.74) is 3.53. The van der Waals surface area contributed by atoms with Crippen LogP contribution in [0.15, 0.2) is 66.7 Å². The Morgan fingerprint density at radius 2 is 1.46 bits per heavy atom. The second kappa shape index (κ2) is 6.49. The Labute approximate surface area is 155 Å². The molecule has 0 atom stereocenters. The lowest BCUT2D eigenvalue weighted by Gasteiger charge is -2.31. The Balaban J connectivity index is 2.05. The summed E-state index contributed by atoms with van der Waals surface area (Å²) in [6, 6.07) is 23.4. The number of hydrogen-bond acceptors (Lipinski definition) is 2. The van der Waals surface area contributed by atoms with Gasteiger partial charge in [0.05, 0.1) is 6.04 Å². The van der Waals surface area contributed by atoms with E-state index in [9.17, 15) is 0 Å². The van der Waals surface area contributed by atoms with Crippen molar-refractivity contribution in [2.45, 2.75) is 39.7 Å². The molecular weight excluding hydrogens is 320 g/mol. The van der Waals surface area contributed by atoms with Crippen LogP contribution in [0.1, 0.15) is 39.3 Å². The Morgan fingerprint density at radius 1 is 0.769 bits per heavy atom. The summed E-state index contributed by atoms with van der Waals surface area (Å²) in [4.78, 5) is 2.38. The van der Waals surface area contributed by atoms with E-state index in [1.165, 1.54) is 5.69 Å². The number of para-hydroxylation sites is 3. The molecule has 0 saturated carbocycles. The Kier molecular flexibility index (Phi) is 4.15. The first-order chi connectivity index (χ1) is 12.6. The van der Waals surface area contributed by atoms with Gasteiger partial charge in [0.1, 0.15) is 11.4 Å². The SMILES string of the molecule is CC(C)c1ccc2c([n+]1-c1ccccc1)N(C(C)C)c1ccccc1O2. The molecule has 0 aliphatic carbocycles. The second-order valence-corrected chi connectivity index (χ2v) is 7.31. The molecule has 4 rings (SSSR count). The van der Waals surface area contributed by atoms with Gasteiger partial charge in [0.15, 0.2) is 11.4 Å². The van der Waals surface area contributed by atoms with Crippen LogP contribution in [-0.4, -0.2) is 6.04 Å². The van der Waals surface area contributed by atoms with Crippen molar-refractivity contribution in [2.24, 2.45) is 0 Å². The molecule has 0 N–H and O–H groups in total. The van der Waals surface area contributed by atoms with Gasteiger partial charge in [-0.05, 0) is 50.2 Å². The highest BCUT2D eigenvalue weighted by molar-refractivity contribution is 5.74. The van der Waals surface area contributed by atoms with E-state index >= 15 is 0 Å². The molecule has 0 radical (unpaired) electrons. The molecule has 1 aromatic heterocycles. The minimum atomic E-state index is 0.302. The number of fused-ring (bicyclic) bond motifs is 2. The smallest absolute Gasteiger partial charge is 0.331 e. The maximum Gasteiger partial charge on any atom is 0.331 e. The zero-order valence-electron chi connectivity index (χ0n) is 15.8. The van der Waals surface area contributed by atoms with Crippen molar-refractivity contribution in [1.29, 1.82) is 0 Å². The zero-order valence-corrected chi connectivity index (χ0v) is 15.8. The third-order valence-electron chi connectivity index (χ3n) is 4.79. The van der Waals surface area contributed by atoms with Crippen molar-refractivity contribution >= 4 is 11.5 Å². The second-order valence-electron chi connectivity index (χ2n) is 7.31. The van der Waals surface area contributed by atoms with Crippen molar-refractivity contribution in [2.75, 3.05) is 4.90 Å². The van der Waals surface area contributed by atoms with E-state index < -0.39 is 0 Å². The first-order valence-corrected chi connectivity index (χ1v) is 9.28. The molecule has 0 fully saturated rings. The van der Waals surface area contributed by atoms with Crippen LogP contribution in [0.3, 0.4) is 0 Å². The molecule has 0 unspecified atom stereocenters. The third kappa shape index (κ3) is 2.64. The average molecular weight is 345 g/mol. The highest BCUT2D eigenvalue weighted by Crippen LogP contribution is 2.46. The molecule has 2 heterocycles. The Morgan fingerprint density at radius 3 is 2.15 bits per heavy atom. The fraction of sp³-hybridized carbons (Fsp3) is 0.261. The molecule has 0 amide bonds. The van der Waals surface area contributed by atoms with Crippen molar-refractivity contribution in [3.8, 4) is 17.2 Å². The third-order valence-corrected chi connectivity index (χ3v) is 4.79. The average Bonchev–Trinajstić information content (AvgIpc) is 2.65. The molecule has 1 aliphatic heterocycles. The quantitative estimate of drug-likeness (QED) is 0.563. The summed E-state index contributed by atoms with van der Waals surface area (Å²) in [5.74, 6) is 3.29. The topological polar surface area (TPSA) is 16.4 Å². The van der Waals surface area contributed by atoms with Gasteiger partial charge in [-0.25, -0.2) is 4.90 Å². The lowest BCUT2D eigenvalue weighted by Crippen LogP contribution is -2.45. The van der Waals surface area contributed by atoms with Crippen LogP contribution in [-0.2, 0) is 0 Å². The van der Waals surface area contributed by atoms with Crippen LogP contribution in [0, 0.1) is 0 Å². The first-order valence-electron chi connectivity index (χ1n) is 9.28. The maximum atomic E-state index is 6.29. The van der Waals surface area contributed by atoms with Gasteiger partial charge in [-0.15, -0.1) is 0 Å². The highest BCUT2D eigenvalue weighted by Gasteiger charge is 2.38. The van der Waals surface area contributed by atoms with Crippen molar-refractivity contribution in [3.63, 3.8) is 0 Å². The van der Waals surface area contributed by atoms with E-state index in [0.29, 0.717) is 12.0 Å². The van der Waals surface area contributed by atoms with E-state index in [2.05, 4.69) is 91.8 Å². The summed E-state index contributed by atoms with van der Waals surface area (Å²) in [7, 11) is 0. The number of pyridine rings is 1. The number of aromatic nitrogens is 1. The predicted molar refractivity (Wildman–Crippen MR) is 106 cm³/mol. The number of benzene rings is 2. The van der Waals surface area contributed by atoms with E-state index in [0.717, 1.165) is 28.7 Å². The van der Waals surface area contributed by atoms with E-state index in [4.69, 9.17) is 4.74 Å². The fourth-order valence-corrected chi connectivity index (χ4v) is 3.65. The lowest BCUT2D eigenvalue weighted by molar-refractivity contribution is -0.593. The fourth-order valence-electron chi connectivity index (χ4n) is 3.65. The molecule has 26 heavy (non-hydrogen) atoms. The number of ether oxygens (including phenoxy) is 1. The summed E-state index contributed by atoms with van der Waals surface area (Å²) in [5, 5.41) is 0. The summed E-state index contributed by atoms with van der Waals surface area (Å²) < 4.78 is 8.64. The summed E-state index contributed by atoms with van der Waals surface area (Å²) in [6.07, 6.45) is 0. The van der Waals surface area contributed by atoms with Crippen LogP contribution in [0.4, 0.5) is 11.5 Å². The van der Waals surface area contributed by atoms with E-state index in [1.54, 1.807) is 0 Å². The van der Waals surface area contributed by atoms with Crippen molar-refractivity contribution < 1.29 is 9.30 Å². The van der Waals surface area contributed by atoms with Crippen LogP contribution in [0.25, 0.3) is 5.69 Å². The Hall–Kier alpha value is -2.81. The molecule has 0 bridgehead atoms. The molecule has 132 valence electrons. The number of anilines is 2. The van der Waals surface area contributed by atoms with E-state index in [-0.39, 0.29) is 0 Å². The van der Waals surface area contributed by atoms with Gasteiger partial charge in [-0.2, -0.15) is 4.57 Å². The molecule has 0 spiro atoms. The monoisotopic (exact) mass is 345 g/mol. The molecule has 0 saturated heterocycles. The predicted octanol–water partition coefficient (Wildman–Crippen LogP) is 5.74. The highest BCUT2D eigenvalue weighted by atomic mass is 16.5. The van der Waals surface area contributed by atoms with Gasteiger partial charge in [-0.3, -0.25) is 0 Å². The zero-order chi connectivity index (χ0) is 18.3. The van der Waals surface area contributed by atoms with Gasteiger partial charge in [0.2, 0.25) is 5.75 Å². The minimum Gasteiger partial charge on any atom is -0.444 e. The van der Waals surface area contributed by atoms with Gasteiger partial charge in [0.25, 0.3) is 0 Å². The number of rotatable bonds is 3. The summed E-state index contributed by atoms with van der Waals surface area (Å²) >= 11 is 0. The van der Waals surface area contributed by atoms with Crippen LogP contribution >= 0.6 is 0 Å². The minimum absolute atomic E-state index is 0.302.